The van der Waals surface area contributed by atoms with Crippen LogP contribution in [0.5, 0.6) is 0 Å². The van der Waals surface area contributed by atoms with E-state index in [9.17, 15) is 0 Å². The molecule has 0 saturated carbocycles. The van der Waals surface area contributed by atoms with Crippen molar-refractivity contribution in [3.05, 3.63) is 0 Å². The Labute approximate surface area is 86.5 Å². The standard InChI is InChI=1S/C10H22N2S/c1-4-13-10(2,3)9-12-7-5-11-6-8-12/h11H,4-9H2,1-3H3. The van der Waals surface area contributed by atoms with Gasteiger partial charge in [0, 0.05) is 37.5 Å². The molecule has 0 aromatic carbocycles. The molecule has 13 heavy (non-hydrogen) atoms. The van der Waals surface area contributed by atoms with Gasteiger partial charge in [0.05, 0.1) is 0 Å². The Morgan fingerprint density at radius 2 is 1.92 bits per heavy atom. The third kappa shape index (κ3) is 4.34. The van der Waals surface area contributed by atoms with Crippen LogP contribution in [0.4, 0.5) is 0 Å². The summed E-state index contributed by atoms with van der Waals surface area (Å²) < 4.78 is 0.423. The van der Waals surface area contributed by atoms with Gasteiger partial charge in [-0.25, -0.2) is 0 Å². The van der Waals surface area contributed by atoms with Gasteiger partial charge in [-0.05, 0) is 19.6 Å². The number of thioether (sulfide) groups is 1. The van der Waals surface area contributed by atoms with E-state index in [1.165, 1.54) is 25.4 Å². The smallest absolute Gasteiger partial charge is 0.0230 e. The highest BCUT2D eigenvalue weighted by Crippen LogP contribution is 2.24. The van der Waals surface area contributed by atoms with Crippen molar-refractivity contribution in [1.29, 1.82) is 0 Å². The number of nitrogens with one attached hydrogen (secondary N) is 1. The Bertz CT molecular complexity index is 142. The predicted molar refractivity (Wildman–Crippen MR) is 61.5 cm³/mol. The van der Waals surface area contributed by atoms with Crippen LogP contribution in [0.3, 0.4) is 0 Å². The van der Waals surface area contributed by atoms with Gasteiger partial charge < -0.3 is 5.32 Å². The molecule has 1 fully saturated rings. The Hall–Kier alpha value is 0.270. The van der Waals surface area contributed by atoms with E-state index in [1.54, 1.807) is 0 Å². The van der Waals surface area contributed by atoms with Crippen LogP contribution in [0.2, 0.25) is 0 Å². The predicted octanol–water partition coefficient (Wildman–Crippen LogP) is 1.42. The molecule has 0 atom stereocenters. The summed E-state index contributed by atoms with van der Waals surface area (Å²) >= 11 is 2.07. The number of rotatable bonds is 4. The molecule has 1 rings (SSSR count). The molecule has 1 aliphatic heterocycles. The third-order valence-electron chi connectivity index (χ3n) is 2.35. The summed E-state index contributed by atoms with van der Waals surface area (Å²) in [5, 5.41) is 3.38. The lowest BCUT2D eigenvalue weighted by Gasteiger charge is -2.34. The van der Waals surface area contributed by atoms with Crippen molar-refractivity contribution >= 4 is 11.8 Å². The lowest BCUT2D eigenvalue weighted by molar-refractivity contribution is 0.226. The number of hydrogen-bond acceptors (Lipinski definition) is 3. The van der Waals surface area contributed by atoms with Gasteiger partial charge in [0.2, 0.25) is 0 Å². The topological polar surface area (TPSA) is 15.3 Å². The average Bonchev–Trinajstić information content (AvgIpc) is 2.04. The van der Waals surface area contributed by atoms with Crippen LogP contribution in [-0.2, 0) is 0 Å². The van der Waals surface area contributed by atoms with Crippen LogP contribution in [0.25, 0.3) is 0 Å². The summed E-state index contributed by atoms with van der Waals surface area (Å²) in [6.45, 7) is 12.9. The maximum atomic E-state index is 3.38. The molecule has 78 valence electrons. The van der Waals surface area contributed by atoms with Crippen LogP contribution < -0.4 is 5.32 Å². The summed E-state index contributed by atoms with van der Waals surface area (Å²) in [7, 11) is 0. The van der Waals surface area contributed by atoms with Crippen LogP contribution in [0.1, 0.15) is 20.8 Å². The fourth-order valence-corrected chi connectivity index (χ4v) is 2.90. The van der Waals surface area contributed by atoms with Gasteiger partial charge in [0.15, 0.2) is 0 Å². The van der Waals surface area contributed by atoms with Crippen LogP contribution >= 0.6 is 11.8 Å². The monoisotopic (exact) mass is 202 g/mol. The molecule has 1 heterocycles. The molecular formula is C10H22N2S. The van der Waals surface area contributed by atoms with Crippen molar-refractivity contribution in [2.45, 2.75) is 25.5 Å². The molecule has 0 unspecified atom stereocenters. The van der Waals surface area contributed by atoms with Crippen LogP contribution in [0, 0.1) is 0 Å². The van der Waals surface area contributed by atoms with Gasteiger partial charge in [0.25, 0.3) is 0 Å². The molecule has 2 nitrogen and oxygen atoms in total. The fraction of sp³-hybridized carbons (Fsp3) is 1.00. The van der Waals surface area contributed by atoms with E-state index in [4.69, 9.17) is 0 Å². The Balaban J connectivity index is 2.28. The van der Waals surface area contributed by atoms with Crippen molar-refractivity contribution in [3.8, 4) is 0 Å². The molecule has 0 amide bonds. The zero-order valence-corrected chi connectivity index (χ0v) is 9.91. The molecule has 0 aromatic heterocycles. The van der Waals surface area contributed by atoms with E-state index in [1.807, 2.05) is 0 Å². The molecule has 0 aliphatic carbocycles. The van der Waals surface area contributed by atoms with Crippen molar-refractivity contribution in [1.82, 2.24) is 10.2 Å². The Morgan fingerprint density at radius 3 is 2.46 bits per heavy atom. The first-order valence-corrected chi connectivity index (χ1v) is 6.19. The maximum Gasteiger partial charge on any atom is 0.0230 e. The first-order valence-electron chi connectivity index (χ1n) is 5.21. The van der Waals surface area contributed by atoms with E-state index in [2.05, 4.69) is 42.7 Å². The molecule has 1 N–H and O–H groups in total. The van der Waals surface area contributed by atoms with E-state index >= 15 is 0 Å². The minimum atomic E-state index is 0.423. The molecule has 1 aliphatic rings. The van der Waals surface area contributed by atoms with Crippen molar-refractivity contribution in [2.75, 3.05) is 38.5 Å². The number of piperazine rings is 1. The molecule has 0 radical (unpaired) electrons. The minimum Gasteiger partial charge on any atom is -0.314 e. The molecule has 0 spiro atoms. The summed E-state index contributed by atoms with van der Waals surface area (Å²) in [6.07, 6.45) is 0. The lowest BCUT2D eigenvalue weighted by atomic mass is 10.2. The van der Waals surface area contributed by atoms with E-state index in [-0.39, 0.29) is 0 Å². The van der Waals surface area contributed by atoms with Crippen LogP contribution in [-0.4, -0.2) is 48.1 Å². The summed E-state index contributed by atoms with van der Waals surface area (Å²) in [5.41, 5.74) is 0. The van der Waals surface area contributed by atoms with Crippen LogP contribution in [0.15, 0.2) is 0 Å². The molecule has 0 bridgehead atoms. The number of hydrogen-bond donors (Lipinski definition) is 1. The lowest BCUT2D eigenvalue weighted by Crippen LogP contribution is -2.47. The Morgan fingerprint density at radius 1 is 1.31 bits per heavy atom. The molecule has 0 aromatic rings. The summed E-state index contributed by atoms with van der Waals surface area (Å²) in [4.78, 5) is 2.57. The second-order valence-electron chi connectivity index (χ2n) is 4.22. The normalized spacial score (nSPS) is 20.5. The van der Waals surface area contributed by atoms with Crippen molar-refractivity contribution in [3.63, 3.8) is 0 Å². The van der Waals surface area contributed by atoms with Gasteiger partial charge in [-0.1, -0.05) is 6.92 Å². The highest BCUT2D eigenvalue weighted by molar-refractivity contribution is 8.00. The summed E-state index contributed by atoms with van der Waals surface area (Å²) in [5.74, 6) is 1.22. The zero-order valence-electron chi connectivity index (χ0n) is 9.10. The molecule has 1 saturated heterocycles. The van der Waals surface area contributed by atoms with Gasteiger partial charge >= 0.3 is 0 Å². The van der Waals surface area contributed by atoms with Crippen molar-refractivity contribution in [2.24, 2.45) is 0 Å². The molecule has 3 heteroatoms. The molecular weight excluding hydrogens is 180 g/mol. The fourth-order valence-electron chi connectivity index (χ4n) is 1.84. The quantitative estimate of drug-likeness (QED) is 0.742. The highest BCUT2D eigenvalue weighted by atomic mass is 32.2. The van der Waals surface area contributed by atoms with E-state index < -0.39 is 0 Å². The SMILES string of the molecule is CCSC(C)(C)CN1CCNCC1. The number of nitrogens with zero attached hydrogens (tertiary/aromatic N) is 1. The second kappa shape index (κ2) is 5.23. The van der Waals surface area contributed by atoms with Gasteiger partial charge in [-0.2, -0.15) is 11.8 Å². The van der Waals surface area contributed by atoms with Gasteiger partial charge in [-0.3, -0.25) is 4.90 Å². The highest BCUT2D eigenvalue weighted by Gasteiger charge is 2.22. The Kier molecular flexibility index (Phi) is 4.56. The van der Waals surface area contributed by atoms with E-state index in [0.29, 0.717) is 4.75 Å². The maximum absolute atomic E-state index is 3.38. The largest absolute Gasteiger partial charge is 0.314 e. The summed E-state index contributed by atoms with van der Waals surface area (Å²) in [6, 6.07) is 0. The minimum absolute atomic E-state index is 0.423. The van der Waals surface area contributed by atoms with E-state index in [0.717, 1.165) is 13.1 Å². The first kappa shape index (κ1) is 11.3. The second-order valence-corrected chi connectivity index (χ2v) is 6.19. The van der Waals surface area contributed by atoms with Crippen molar-refractivity contribution < 1.29 is 0 Å². The van der Waals surface area contributed by atoms with Gasteiger partial charge in [-0.15, -0.1) is 0 Å². The zero-order chi connectivity index (χ0) is 9.73. The average molecular weight is 202 g/mol. The first-order chi connectivity index (χ1) is 6.14. The van der Waals surface area contributed by atoms with Gasteiger partial charge in [0.1, 0.15) is 0 Å². The third-order valence-corrected chi connectivity index (χ3v) is 3.55.